The molecule has 4 aliphatic rings. The molecular formula is C23H20FN3O4. The third kappa shape index (κ3) is 2.13. The second-order valence-corrected chi connectivity index (χ2v) is 8.53. The minimum Gasteiger partial charge on any atom is -0.497 e. The van der Waals surface area contributed by atoms with E-state index in [2.05, 4.69) is 10.2 Å². The number of nitrogens with one attached hydrogen (secondary N) is 1. The molecule has 1 N–H and O–H groups in total. The van der Waals surface area contributed by atoms with Gasteiger partial charge in [0.1, 0.15) is 17.1 Å². The molecule has 1 spiro atoms. The van der Waals surface area contributed by atoms with E-state index in [1.165, 1.54) is 24.3 Å². The molecule has 158 valence electrons. The maximum Gasteiger partial charge on any atom is 0.250 e. The molecular weight excluding hydrogens is 401 g/mol. The Morgan fingerprint density at radius 3 is 2.61 bits per heavy atom. The predicted octanol–water partition coefficient (Wildman–Crippen LogP) is 2.27. The SMILES string of the molecule is COc1ccc2c(c1)[C@]1(C(=O)N2)[C@@H]2C(=O)N(c3ccc(F)cc3)C(=O)[C@@H]2[C@@H]2CCCN21. The maximum atomic E-state index is 13.8. The van der Waals surface area contributed by atoms with Crippen LogP contribution in [0.3, 0.4) is 0 Å². The van der Waals surface area contributed by atoms with Gasteiger partial charge in [-0.3, -0.25) is 19.3 Å². The van der Waals surface area contributed by atoms with Gasteiger partial charge in [0.15, 0.2) is 0 Å². The molecule has 3 fully saturated rings. The number of anilines is 2. The number of hydrogen-bond acceptors (Lipinski definition) is 5. The van der Waals surface area contributed by atoms with Crippen molar-refractivity contribution in [1.82, 2.24) is 4.90 Å². The lowest BCUT2D eigenvalue weighted by molar-refractivity contribution is -0.135. The van der Waals surface area contributed by atoms with Gasteiger partial charge < -0.3 is 10.1 Å². The van der Waals surface area contributed by atoms with E-state index in [1.807, 2.05) is 0 Å². The van der Waals surface area contributed by atoms with Gasteiger partial charge in [-0.2, -0.15) is 0 Å². The summed E-state index contributed by atoms with van der Waals surface area (Å²) >= 11 is 0. The molecule has 3 saturated heterocycles. The zero-order valence-electron chi connectivity index (χ0n) is 16.8. The fourth-order valence-corrected chi connectivity index (χ4v) is 6.15. The van der Waals surface area contributed by atoms with Gasteiger partial charge >= 0.3 is 0 Å². The highest BCUT2D eigenvalue weighted by atomic mass is 19.1. The van der Waals surface area contributed by atoms with Crippen LogP contribution in [0.2, 0.25) is 0 Å². The average molecular weight is 421 g/mol. The third-order valence-corrected chi connectivity index (χ3v) is 7.28. The molecule has 0 aliphatic carbocycles. The fraction of sp³-hybridized carbons (Fsp3) is 0.348. The number of ether oxygens (including phenoxy) is 1. The standard InChI is InChI=1S/C23H20FN3O4/c1-31-14-8-9-16-15(11-14)23(22(30)25-16)19-18(17-3-2-10-26(17)23)20(28)27(21(19)29)13-6-4-12(24)5-7-13/h4-9,11,17-19H,2-3,10H2,1H3,(H,25,30)/t17-,18+,19-,23+/m0/s1. The Bertz CT molecular complexity index is 1150. The van der Waals surface area contributed by atoms with E-state index in [4.69, 9.17) is 4.74 Å². The van der Waals surface area contributed by atoms with Crippen LogP contribution in [0.5, 0.6) is 5.75 Å². The minimum atomic E-state index is -1.25. The van der Waals surface area contributed by atoms with Gasteiger partial charge in [-0.25, -0.2) is 9.29 Å². The number of carbonyl (C=O) groups is 3. The molecule has 0 saturated carbocycles. The van der Waals surface area contributed by atoms with Crippen molar-refractivity contribution in [3.63, 3.8) is 0 Å². The lowest BCUT2D eigenvalue weighted by atomic mass is 9.75. The van der Waals surface area contributed by atoms with Crippen molar-refractivity contribution >= 4 is 29.1 Å². The summed E-state index contributed by atoms with van der Waals surface area (Å²) in [4.78, 5) is 44.0. The lowest BCUT2D eigenvalue weighted by Crippen LogP contribution is -2.54. The Labute approximate surface area is 177 Å². The molecule has 2 aromatic rings. The number of rotatable bonds is 2. The molecule has 0 bridgehead atoms. The summed E-state index contributed by atoms with van der Waals surface area (Å²) in [6, 6.07) is 10.4. The molecule has 8 heteroatoms. The highest BCUT2D eigenvalue weighted by Gasteiger charge is 2.74. The number of amides is 3. The average Bonchev–Trinajstić information content (AvgIpc) is 3.47. The number of nitrogens with zero attached hydrogens (tertiary/aromatic N) is 2. The fourth-order valence-electron chi connectivity index (χ4n) is 6.15. The van der Waals surface area contributed by atoms with E-state index in [0.717, 1.165) is 17.7 Å². The van der Waals surface area contributed by atoms with Crippen molar-refractivity contribution in [2.24, 2.45) is 11.8 Å². The molecule has 6 rings (SSSR count). The Morgan fingerprint density at radius 2 is 1.87 bits per heavy atom. The molecule has 3 amide bonds. The van der Waals surface area contributed by atoms with Gasteiger partial charge in [-0.1, -0.05) is 0 Å². The summed E-state index contributed by atoms with van der Waals surface area (Å²) in [6.07, 6.45) is 1.59. The molecule has 4 aliphatic heterocycles. The molecule has 2 aromatic carbocycles. The molecule has 0 aromatic heterocycles. The Balaban J connectivity index is 1.55. The van der Waals surface area contributed by atoms with Crippen LogP contribution >= 0.6 is 0 Å². The monoisotopic (exact) mass is 421 g/mol. The zero-order valence-corrected chi connectivity index (χ0v) is 16.8. The lowest BCUT2D eigenvalue weighted by Gasteiger charge is -2.36. The van der Waals surface area contributed by atoms with Gasteiger partial charge in [0.2, 0.25) is 17.7 Å². The van der Waals surface area contributed by atoms with Crippen LogP contribution in [0, 0.1) is 17.7 Å². The summed E-state index contributed by atoms with van der Waals surface area (Å²) < 4.78 is 18.8. The van der Waals surface area contributed by atoms with Crippen LogP contribution in [0.1, 0.15) is 18.4 Å². The van der Waals surface area contributed by atoms with Crippen molar-refractivity contribution < 1.29 is 23.5 Å². The highest BCUT2D eigenvalue weighted by molar-refractivity contribution is 6.25. The number of carbonyl (C=O) groups excluding carboxylic acids is 3. The van der Waals surface area contributed by atoms with Crippen molar-refractivity contribution in [2.75, 3.05) is 23.9 Å². The highest BCUT2D eigenvalue weighted by Crippen LogP contribution is 2.61. The van der Waals surface area contributed by atoms with E-state index in [1.54, 1.807) is 25.3 Å². The Hall–Kier alpha value is -3.26. The summed E-state index contributed by atoms with van der Waals surface area (Å²) in [5, 5.41) is 2.94. The van der Waals surface area contributed by atoms with Gasteiger partial charge in [0, 0.05) is 17.3 Å². The van der Waals surface area contributed by atoms with Crippen molar-refractivity contribution in [2.45, 2.75) is 24.4 Å². The summed E-state index contributed by atoms with van der Waals surface area (Å²) in [5.41, 5.74) is 0.391. The van der Waals surface area contributed by atoms with Crippen LogP contribution in [0.4, 0.5) is 15.8 Å². The van der Waals surface area contributed by atoms with Crippen LogP contribution in [0.15, 0.2) is 42.5 Å². The zero-order chi connectivity index (χ0) is 21.5. The summed E-state index contributed by atoms with van der Waals surface area (Å²) in [5.74, 6) is -2.34. The molecule has 0 unspecified atom stereocenters. The first-order valence-electron chi connectivity index (χ1n) is 10.4. The second-order valence-electron chi connectivity index (χ2n) is 8.53. The summed E-state index contributed by atoms with van der Waals surface area (Å²) in [7, 11) is 1.55. The Kier molecular flexibility index (Phi) is 3.66. The first-order valence-corrected chi connectivity index (χ1v) is 10.4. The van der Waals surface area contributed by atoms with Crippen molar-refractivity contribution in [3.05, 3.63) is 53.8 Å². The largest absolute Gasteiger partial charge is 0.497 e. The van der Waals surface area contributed by atoms with Crippen LogP contribution in [-0.2, 0) is 19.9 Å². The number of imide groups is 1. The molecule has 31 heavy (non-hydrogen) atoms. The van der Waals surface area contributed by atoms with E-state index in [0.29, 0.717) is 29.2 Å². The number of methoxy groups -OCH3 is 1. The number of hydrogen-bond donors (Lipinski definition) is 1. The first-order chi connectivity index (χ1) is 15.0. The predicted molar refractivity (Wildman–Crippen MR) is 109 cm³/mol. The smallest absolute Gasteiger partial charge is 0.250 e. The van der Waals surface area contributed by atoms with Crippen LogP contribution in [-0.4, -0.2) is 42.3 Å². The van der Waals surface area contributed by atoms with Crippen molar-refractivity contribution in [1.29, 1.82) is 0 Å². The normalized spacial score (nSPS) is 31.2. The number of halogens is 1. The number of fused-ring (bicyclic) bond motifs is 7. The van der Waals surface area contributed by atoms with E-state index < -0.39 is 29.1 Å². The van der Waals surface area contributed by atoms with Gasteiger partial charge in [0.05, 0.1) is 24.6 Å². The van der Waals surface area contributed by atoms with E-state index in [-0.39, 0.29) is 17.9 Å². The van der Waals surface area contributed by atoms with Gasteiger partial charge in [0.25, 0.3) is 0 Å². The molecule has 7 nitrogen and oxygen atoms in total. The minimum absolute atomic E-state index is 0.199. The van der Waals surface area contributed by atoms with Gasteiger partial charge in [-0.05, 0) is 61.9 Å². The van der Waals surface area contributed by atoms with Crippen LogP contribution in [0.25, 0.3) is 0 Å². The van der Waals surface area contributed by atoms with Gasteiger partial charge in [-0.15, -0.1) is 0 Å². The van der Waals surface area contributed by atoms with Crippen LogP contribution < -0.4 is 15.0 Å². The first kappa shape index (κ1) is 18.5. The van der Waals surface area contributed by atoms with E-state index >= 15 is 0 Å². The van der Waals surface area contributed by atoms with E-state index in [9.17, 15) is 18.8 Å². The Morgan fingerprint density at radius 1 is 1.10 bits per heavy atom. The quantitative estimate of drug-likeness (QED) is 0.753. The number of benzene rings is 2. The molecule has 0 radical (unpaired) electrons. The topological polar surface area (TPSA) is 79.0 Å². The molecule has 4 atom stereocenters. The van der Waals surface area contributed by atoms with Crippen molar-refractivity contribution in [3.8, 4) is 5.75 Å². The third-order valence-electron chi connectivity index (χ3n) is 7.28. The summed E-state index contributed by atoms with van der Waals surface area (Å²) in [6.45, 7) is 0.638. The maximum absolute atomic E-state index is 13.8. The molecule has 4 heterocycles. The second kappa shape index (κ2) is 6.13.